The van der Waals surface area contributed by atoms with Crippen molar-refractivity contribution in [1.29, 1.82) is 0 Å². The molecule has 0 radical (unpaired) electrons. The highest BCUT2D eigenvalue weighted by Gasteiger charge is 2.42. The van der Waals surface area contributed by atoms with Gasteiger partial charge in [0.05, 0.1) is 11.9 Å². The Bertz CT molecular complexity index is 308. The van der Waals surface area contributed by atoms with Crippen molar-refractivity contribution >= 4 is 31.0 Å². The Balaban J connectivity index is 0.000000720. The predicted octanol–water partition coefficient (Wildman–Crippen LogP) is 0.868. The van der Waals surface area contributed by atoms with Crippen LogP contribution in [-0.2, 0) is 0 Å². The molecule has 74 valence electrons. The molecular formula is C7H13Cl2N4+. The van der Waals surface area contributed by atoms with E-state index in [1.54, 1.807) is 6.21 Å². The van der Waals surface area contributed by atoms with E-state index in [-0.39, 0.29) is 24.8 Å². The average Bonchev–Trinajstić information content (AvgIpc) is 2.39. The van der Waals surface area contributed by atoms with Crippen LogP contribution in [0.5, 0.6) is 0 Å². The molecule has 0 amide bonds. The Morgan fingerprint density at radius 3 is 2.62 bits per heavy atom. The van der Waals surface area contributed by atoms with Crippen LogP contribution >= 0.6 is 24.8 Å². The molecule has 0 spiro atoms. The van der Waals surface area contributed by atoms with Crippen LogP contribution in [0, 0.1) is 0 Å². The van der Waals surface area contributed by atoms with Gasteiger partial charge < -0.3 is 11.1 Å². The van der Waals surface area contributed by atoms with Crippen LogP contribution in [0.3, 0.4) is 0 Å². The van der Waals surface area contributed by atoms with Crippen molar-refractivity contribution < 1.29 is 4.59 Å². The summed E-state index contributed by atoms with van der Waals surface area (Å²) in [6.45, 7) is 1.95. The Morgan fingerprint density at radius 1 is 1.46 bits per heavy atom. The quantitative estimate of drug-likeness (QED) is 0.600. The third kappa shape index (κ3) is 1.41. The van der Waals surface area contributed by atoms with Gasteiger partial charge in [-0.05, 0) is 6.92 Å². The van der Waals surface area contributed by atoms with Gasteiger partial charge in [0.2, 0.25) is 5.82 Å². The molecule has 0 bridgehead atoms. The average molecular weight is 224 g/mol. The van der Waals surface area contributed by atoms with E-state index in [0.717, 1.165) is 17.3 Å². The topological polar surface area (TPSA) is 50.4 Å². The van der Waals surface area contributed by atoms with Gasteiger partial charge in [0.1, 0.15) is 7.05 Å². The van der Waals surface area contributed by atoms with Gasteiger partial charge >= 0.3 is 0 Å². The summed E-state index contributed by atoms with van der Waals surface area (Å²) in [6.07, 6.45) is 3.70. The molecule has 2 aliphatic heterocycles. The third-order valence-corrected chi connectivity index (χ3v) is 2.17. The fourth-order valence-corrected chi connectivity index (χ4v) is 1.37. The van der Waals surface area contributed by atoms with Crippen molar-refractivity contribution in [2.24, 2.45) is 10.8 Å². The molecule has 0 fully saturated rings. The highest BCUT2D eigenvalue weighted by atomic mass is 35.5. The van der Waals surface area contributed by atoms with Crippen molar-refractivity contribution in [3.8, 4) is 0 Å². The lowest BCUT2D eigenvalue weighted by atomic mass is 10.5. The summed E-state index contributed by atoms with van der Waals surface area (Å²) in [7, 11) is 1.95. The SMILES string of the molecule is CC1=C(N)[N+]2(C)N=CC=C2N1.Cl.Cl. The summed E-state index contributed by atoms with van der Waals surface area (Å²) in [5.74, 6) is 1.80. The maximum atomic E-state index is 5.83. The molecule has 0 saturated heterocycles. The number of quaternary nitrogens is 1. The molecule has 1 atom stereocenters. The molecule has 3 N–H and O–H groups in total. The van der Waals surface area contributed by atoms with Gasteiger partial charge in [-0.15, -0.1) is 29.4 Å². The van der Waals surface area contributed by atoms with E-state index in [9.17, 15) is 0 Å². The van der Waals surface area contributed by atoms with Crippen LogP contribution in [0.25, 0.3) is 0 Å². The van der Waals surface area contributed by atoms with Crippen LogP contribution in [0.4, 0.5) is 0 Å². The zero-order valence-corrected chi connectivity index (χ0v) is 9.08. The van der Waals surface area contributed by atoms with Crippen molar-refractivity contribution in [2.75, 3.05) is 7.05 Å². The summed E-state index contributed by atoms with van der Waals surface area (Å²) in [5, 5.41) is 7.40. The van der Waals surface area contributed by atoms with E-state index in [2.05, 4.69) is 10.4 Å². The maximum Gasteiger partial charge on any atom is 0.251 e. The number of nitrogens with one attached hydrogen (secondary N) is 1. The largest absolute Gasteiger partial charge is 0.351 e. The van der Waals surface area contributed by atoms with Crippen molar-refractivity contribution in [2.45, 2.75) is 6.92 Å². The molecule has 4 nitrogen and oxygen atoms in total. The normalized spacial score (nSPS) is 28.6. The van der Waals surface area contributed by atoms with Gasteiger partial charge in [0, 0.05) is 6.08 Å². The Hall–Kier alpha value is -0.710. The number of fused-ring (bicyclic) bond motifs is 1. The second-order valence-electron chi connectivity index (χ2n) is 2.91. The van der Waals surface area contributed by atoms with E-state index in [1.807, 2.05) is 20.0 Å². The second-order valence-corrected chi connectivity index (χ2v) is 2.91. The van der Waals surface area contributed by atoms with Gasteiger partial charge in [0.25, 0.3) is 5.82 Å². The Labute approximate surface area is 89.6 Å². The third-order valence-electron chi connectivity index (χ3n) is 2.17. The molecule has 1 unspecified atom stereocenters. The van der Waals surface area contributed by atoms with E-state index < -0.39 is 0 Å². The number of hydrogen-bond donors (Lipinski definition) is 2. The lowest BCUT2D eigenvalue weighted by Gasteiger charge is -2.17. The summed E-state index contributed by atoms with van der Waals surface area (Å²) in [5.41, 5.74) is 6.83. The van der Waals surface area contributed by atoms with Crippen LogP contribution in [0.2, 0.25) is 0 Å². The number of nitrogens with zero attached hydrogens (tertiary/aromatic N) is 2. The number of nitrogens with two attached hydrogens (primary N) is 1. The van der Waals surface area contributed by atoms with Crippen LogP contribution in [-0.4, -0.2) is 17.9 Å². The van der Waals surface area contributed by atoms with E-state index >= 15 is 0 Å². The molecule has 0 saturated carbocycles. The van der Waals surface area contributed by atoms with Gasteiger partial charge in [-0.1, -0.05) is 5.10 Å². The molecule has 2 rings (SSSR count). The standard InChI is InChI=1S/C7H11N4.2ClH/c1-5-7(8)11(2)6(10-5)3-4-9-11;;/h3-4,10H,8H2,1-2H3;2*1H/q+1;;. The summed E-state index contributed by atoms with van der Waals surface area (Å²) < 4.78 is 0.367. The zero-order chi connectivity index (χ0) is 8.06. The van der Waals surface area contributed by atoms with Crippen molar-refractivity contribution in [1.82, 2.24) is 5.32 Å². The molecule has 0 aromatic rings. The van der Waals surface area contributed by atoms with Gasteiger partial charge in [0.15, 0.2) is 0 Å². The minimum absolute atomic E-state index is 0. The first kappa shape index (κ1) is 12.3. The lowest BCUT2D eigenvalue weighted by molar-refractivity contribution is -0.836. The molecular weight excluding hydrogens is 211 g/mol. The number of allylic oxidation sites excluding steroid dienone is 2. The maximum absolute atomic E-state index is 5.83. The Kier molecular flexibility index (Phi) is 3.38. The fourth-order valence-electron chi connectivity index (χ4n) is 1.37. The minimum Gasteiger partial charge on any atom is -0.351 e. The van der Waals surface area contributed by atoms with Gasteiger partial charge in [-0.25, -0.2) is 0 Å². The van der Waals surface area contributed by atoms with Crippen LogP contribution < -0.4 is 11.1 Å². The summed E-state index contributed by atoms with van der Waals surface area (Å²) in [4.78, 5) is 0. The number of hydrogen-bond acceptors (Lipinski definition) is 3. The lowest BCUT2D eigenvalue weighted by Crippen LogP contribution is -2.36. The fraction of sp³-hybridized carbons (Fsp3) is 0.286. The molecule has 2 aliphatic rings. The molecule has 2 heterocycles. The first-order chi connectivity index (χ1) is 5.14. The van der Waals surface area contributed by atoms with Crippen LogP contribution in [0.1, 0.15) is 6.92 Å². The van der Waals surface area contributed by atoms with Crippen molar-refractivity contribution in [3.63, 3.8) is 0 Å². The number of halogens is 2. The van der Waals surface area contributed by atoms with E-state index in [0.29, 0.717) is 4.59 Å². The molecule has 13 heavy (non-hydrogen) atoms. The van der Waals surface area contributed by atoms with Gasteiger partial charge in [-0.3, -0.25) is 0 Å². The minimum atomic E-state index is 0. The first-order valence-electron chi connectivity index (χ1n) is 3.51. The predicted molar refractivity (Wildman–Crippen MR) is 57.3 cm³/mol. The molecule has 0 aliphatic carbocycles. The summed E-state index contributed by atoms with van der Waals surface area (Å²) in [6, 6.07) is 0. The molecule has 6 heteroatoms. The Morgan fingerprint density at radius 2 is 2.08 bits per heavy atom. The smallest absolute Gasteiger partial charge is 0.251 e. The van der Waals surface area contributed by atoms with Crippen molar-refractivity contribution in [3.05, 3.63) is 23.4 Å². The molecule has 0 aromatic carbocycles. The summed E-state index contributed by atoms with van der Waals surface area (Å²) >= 11 is 0. The second kappa shape index (κ2) is 3.57. The number of rotatable bonds is 0. The zero-order valence-electron chi connectivity index (χ0n) is 7.44. The van der Waals surface area contributed by atoms with E-state index in [4.69, 9.17) is 5.73 Å². The highest BCUT2D eigenvalue weighted by molar-refractivity contribution is 5.85. The van der Waals surface area contributed by atoms with Gasteiger partial charge in [-0.2, -0.15) is 0 Å². The monoisotopic (exact) mass is 223 g/mol. The first-order valence-corrected chi connectivity index (χ1v) is 3.51. The van der Waals surface area contributed by atoms with E-state index in [1.165, 1.54) is 0 Å². The van der Waals surface area contributed by atoms with Crippen LogP contribution in [0.15, 0.2) is 28.5 Å². The highest BCUT2D eigenvalue weighted by Crippen LogP contribution is 2.29. The molecule has 0 aromatic heterocycles.